The van der Waals surface area contributed by atoms with Crippen molar-refractivity contribution in [3.63, 3.8) is 0 Å². The van der Waals surface area contributed by atoms with Crippen molar-refractivity contribution in [1.82, 2.24) is 0 Å². The zero-order valence-corrected chi connectivity index (χ0v) is 11.8. The summed E-state index contributed by atoms with van der Waals surface area (Å²) in [7, 11) is -0.413. The molecule has 2 aliphatic rings. The SMILES string of the molecule is CC1(C)OB(c2coc(C3OCCO3)c2)OC1(C)C. The molecule has 1 aromatic heterocycles. The van der Waals surface area contributed by atoms with Crippen LogP contribution in [0.3, 0.4) is 0 Å². The van der Waals surface area contributed by atoms with Crippen LogP contribution in [0.25, 0.3) is 0 Å². The third kappa shape index (κ3) is 2.23. The van der Waals surface area contributed by atoms with Gasteiger partial charge in [-0.1, -0.05) is 0 Å². The lowest BCUT2D eigenvalue weighted by Crippen LogP contribution is -2.41. The van der Waals surface area contributed by atoms with E-state index in [9.17, 15) is 0 Å². The zero-order chi connectivity index (χ0) is 13.7. The summed E-state index contributed by atoms with van der Waals surface area (Å²) < 4.78 is 28.2. The van der Waals surface area contributed by atoms with E-state index in [0.717, 1.165) is 5.46 Å². The molecule has 0 radical (unpaired) electrons. The van der Waals surface area contributed by atoms with Crippen molar-refractivity contribution in [2.45, 2.75) is 45.2 Å². The van der Waals surface area contributed by atoms with Gasteiger partial charge in [0.1, 0.15) is 0 Å². The smallest absolute Gasteiger partial charge is 0.464 e. The number of hydrogen-bond acceptors (Lipinski definition) is 5. The van der Waals surface area contributed by atoms with Crippen molar-refractivity contribution in [1.29, 1.82) is 0 Å². The second kappa shape index (κ2) is 4.35. The van der Waals surface area contributed by atoms with E-state index in [-0.39, 0.29) is 11.2 Å². The Hall–Kier alpha value is -0.815. The molecular weight excluding hydrogens is 247 g/mol. The number of ether oxygens (including phenoxy) is 2. The van der Waals surface area contributed by atoms with Gasteiger partial charge in [-0.3, -0.25) is 0 Å². The van der Waals surface area contributed by atoms with Crippen LogP contribution in [-0.2, 0) is 18.8 Å². The lowest BCUT2D eigenvalue weighted by molar-refractivity contribution is -0.0588. The first-order valence-electron chi connectivity index (χ1n) is 6.56. The van der Waals surface area contributed by atoms with Crippen LogP contribution in [0.4, 0.5) is 0 Å². The normalized spacial score (nSPS) is 26.2. The summed E-state index contributed by atoms with van der Waals surface area (Å²) in [6.07, 6.45) is 1.24. The van der Waals surface area contributed by atoms with Gasteiger partial charge < -0.3 is 23.2 Å². The molecule has 0 N–H and O–H groups in total. The van der Waals surface area contributed by atoms with Crippen molar-refractivity contribution in [2.75, 3.05) is 13.2 Å². The fourth-order valence-corrected chi connectivity index (χ4v) is 2.12. The number of hydrogen-bond donors (Lipinski definition) is 0. The molecule has 6 heteroatoms. The molecule has 0 spiro atoms. The Morgan fingerprint density at radius 2 is 1.63 bits per heavy atom. The predicted octanol–water partition coefficient (Wildman–Crippen LogP) is 1.62. The summed E-state index contributed by atoms with van der Waals surface area (Å²) in [5.41, 5.74) is 0.151. The third-order valence-corrected chi connectivity index (χ3v) is 4.02. The number of rotatable bonds is 2. The van der Waals surface area contributed by atoms with Crippen molar-refractivity contribution in [3.05, 3.63) is 18.1 Å². The van der Waals surface area contributed by atoms with E-state index in [4.69, 9.17) is 23.2 Å². The average molecular weight is 266 g/mol. The van der Waals surface area contributed by atoms with Crippen molar-refractivity contribution < 1.29 is 23.2 Å². The number of furan rings is 1. The summed E-state index contributed by atoms with van der Waals surface area (Å²) in [4.78, 5) is 0. The zero-order valence-electron chi connectivity index (χ0n) is 11.8. The Balaban J connectivity index is 1.77. The van der Waals surface area contributed by atoms with Gasteiger partial charge in [-0.05, 0) is 33.8 Å². The minimum Gasteiger partial charge on any atom is -0.464 e. The molecule has 0 bridgehead atoms. The third-order valence-electron chi connectivity index (χ3n) is 4.02. The summed E-state index contributed by atoms with van der Waals surface area (Å²) >= 11 is 0. The van der Waals surface area contributed by atoms with Crippen LogP contribution in [0, 0.1) is 0 Å². The fourth-order valence-electron chi connectivity index (χ4n) is 2.12. The average Bonchev–Trinajstić information content (AvgIpc) is 3.00. The highest BCUT2D eigenvalue weighted by Crippen LogP contribution is 2.36. The van der Waals surface area contributed by atoms with E-state index in [2.05, 4.69) is 0 Å². The minimum absolute atomic E-state index is 0.352. The van der Waals surface area contributed by atoms with Gasteiger partial charge in [0.15, 0.2) is 5.76 Å². The summed E-state index contributed by atoms with van der Waals surface area (Å²) in [5, 5.41) is 0. The first kappa shape index (κ1) is 13.2. The topological polar surface area (TPSA) is 50.1 Å². The molecule has 2 saturated heterocycles. The van der Waals surface area contributed by atoms with Gasteiger partial charge in [0.25, 0.3) is 0 Å². The molecule has 0 aromatic carbocycles. The molecule has 0 aliphatic carbocycles. The molecule has 0 atom stereocenters. The molecule has 19 heavy (non-hydrogen) atoms. The van der Waals surface area contributed by atoms with Gasteiger partial charge in [0.05, 0.1) is 30.7 Å². The molecule has 5 nitrogen and oxygen atoms in total. The van der Waals surface area contributed by atoms with Gasteiger partial charge >= 0.3 is 7.12 Å². The molecule has 0 unspecified atom stereocenters. The van der Waals surface area contributed by atoms with Crippen molar-refractivity contribution in [3.8, 4) is 0 Å². The standard InChI is InChI=1S/C13H19BO5/c1-12(2)13(3,4)19-14(18-12)9-7-10(17-8-9)11-15-5-6-16-11/h7-8,11H,5-6H2,1-4H3. The van der Waals surface area contributed by atoms with Crippen LogP contribution >= 0.6 is 0 Å². The first-order valence-corrected chi connectivity index (χ1v) is 6.56. The quantitative estimate of drug-likeness (QED) is 0.761. The minimum atomic E-state index is -0.413. The maximum absolute atomic E-state index is 5.96. The Labute approximate surface area is 113 Å². The van der Waals surface area contributed by atoms with E-state index >= 15 is 0 Å². The van der Waals surface area contributed by atoms with Crippen LogP contribution < -0.4 is 5.46 Å². The fraction of sp³-hybridized carbons (Fsp3) is 0.692. The lowest BCUT2D eigenvalue weighted by Gasteiger charge is -2.32. The molecule has 2 fully saturated rings. The second-order valence-electron chi connectivity index (χ2n) is 5.94. The van der Waals surface area contributed by atoms with Gasteiger partial charge in [-0.15, -0.1) is 0 Å². The van der Waals surface area contributed by atoms with E-state index in [1.807, 2.05) is 33.8 Å². The largest absolute Gasteiger partial charge is 0.498 e. The predicted molar refractivity (Wildman–Crippen MR) is 69.1 cm³/mol. The maximum Gasteiger partial charge on any atom is 0.498 e. The first-order chi connectivity index (χ1) is 8.89. The monoisotopic (exact) mass is 266 g/mol. The highest BCUT2D eigenvalue weighted by atomic mass is 16.7. The molecule has 3 heterocycles. The Morgan fingerprint density at radius 1 is 1.05 bits per heavy atom. The van der Waals surface area contributed by atoms with Crippen molar-refractivity contribution in [2.24, 2.45) is 0 Å². The van der Waals surface area contributed by atoms with Crippen LogP contribution in [-0.4, -0.2) is 31.5 Å². The Morgan fingerprint density at radius 3 is 2.21 bits per heavy atom. The molecule has 2 aliphatic heterocycles. The lowest BCUT2D eigenvalue weighted by atomic mass is 9.81. The highest BCUT2D eigenvalue weighted by Gasteiger charge is 2.52. The molecule has 3 rings (SSSR count). The summed E-state index contributed by atoms with van der Waals surface area (Å²) in [6, 6.07) is 1.87. The molecule has 104 valence electrons. The Bertz CT molecular complexity index is 445. The van der Waals surface area contributed by atoms with Gasteiger partial charge in [0, 0.05) is 5.46 Å². The van der Waals surface area contributed by atoms with Gasteiger partial charge in [-0.25, -0.2) is 0 Å². The van der Waals surface area contributed by atoms with E-state index in [1.165, 1.54) is 0 Å². The maximum atomic E-state index is 5.96. The van der Waals surface area contributed by atoms with Gasteiger partial charge in [0.2, 0.25) is 6.29 Å². The molecule has 1 aromatic rings. The summed E-state index contributed by atoms with van der Waals surface area (Å²) in [5.74, 6) is 0.655. The van der Waals surface area contributed by atoms with Gasteiger partial charge in [-0.2, -0.15) is 0 Å². The van der Waals surface area contributed by atoms with Crippen LogP contribution in [0.15, 0.2) is 16.7 Å². The molecule has 0 saturated carbocycles. The summed E-state index contributed by atoms with van der Waals surface area (Å²) in [6.45, 7) is 9.29. The van der Waals surface area contributed by atoms with Crippen molar-refractivity contribution >= 4 is 12.6 Å². The Kier molecular flexibility index (Phi) is 3.01. The van der Waals surface area contributed by atoms with Crippen LogP contribution in [0.5, 0.6) is 0 Å². The highest BCUT2D eigenvalue weighted by molar-refractivity contribution is 6.62. The second-order valence-corrected chi connectivity index (χ2v) is 5.94. The van der Waals surface area contributed by atoms with E-state index in [0.29, 0.717) is 19.0 Å². The van der Waals surface area contributed by atoms with Crippen LogP contribution in [0.1, 0.15) is 39.7 Å². The molecule has 0 amide bonds. The van der Waals surface area contributed by atoms with Crippen LogP contribution in [0.2, 0.25) is 0 Å². The molecular formula is C13H19BO5. The van der Waals surface area contributed by atoms with E-state index in [1.54, 1.807) is 6.26 Å². The van der Waals surface area contributed by atoms with E-state index < -0.39 is 13.4 Å².